The lowest BCUT2D eigenvalue weighted by Gasteiger charge is -2.20. The van der Waals surface area contributed by atoms with Gasteiger partial charge in [-0.2, -0.15) is 0 Å². The molecule has 0 aliphatic rings. The van der Waals surface area contributed by atoms with E-state index in [2.05, 4.69) is 21.4 Å². The van der Waals surface area contributed by atoms with Crippen LogP contribution in [-0.4, -0.2) is 52.5 Å². The largest absolute Gasteiger partial charge is 0.490 e. The van der Waals surface area contributed by atoms with E-state index in [1.807, 2.05) is 36.4 Å². The summed E-state index contributed by atoms with van der Waals surface area (Å²) in [6.45, 7) is 5.83. The van der Waals surface area contributed by atoms with Gasteiger partial charge in [-0.25, -0.2) is 9.78 Å². The summed E-state index contributed by atoms with van der Waals surface area (Å²) >= 11 is 0. The quantitative estimate of drug-likeness (QED) is 0.239. The monoisotopic (exact) mass is 502 g/mol. The molecule has 192 valence electrons. The van der Waals surface area contributed by atoms with Crippen LogP contribution in [0.3, 0.4) is 0 Å². The van der Waals surface area contributed by atoms with Gasteiger partial charge in [0.1, 0.15) is 11.1 Å². The maximum absolute atomic E-state index is 11.5. The highest BCUT2D eigenvalue weighted by atomic mass is 16.6. The Morgan fingerprint density at radius 2 is 1.81 bits per heavy atom. The van der Waals surface area contributed by atoms with Gasteiger partial charge in [0.25, 0.3) is 0 Å². The molecule has 10 heteroatoms. The summed E-state index contributed by atoms with van der Waals surface area (Å²) in [5.41, 5.74) is 8.57. The van der Waals surface area contributed by atoms with Gasteiger partial charge in [0.15, 0.2) is 5.82 Å². The average molecular weight is 502 g/mol. The van der Waals surface area contributed by atoms with Crippen LogP contribution in [0.1, 0.15) is 26.3 Å². The highest BCUT2D eigenvalue weighted by molar-refractivity contribution is 6.60. The second kappa shape index (κ2) is 12.3. The Balaban J connectivity index is 0.000000209. The number of ether oxygens (including phenoxy) is 2. The van der Waals surface area contributed by atoms with Gasteiger partial charge in [0.2, 0.25) is 0 Å². The maximum atomic E-state index is 11.5. The highest BCUT2D eigenvalue weighted by Crippen LogP contribution is 2.27. The molecule has 0 aliphatic heterocycles. The molecule has 5 N–H and O–H groups in total. The van der Waals surface area contributed by atoms with E-state index in [4.69, 9.17) is 25.3 Å². The van der Waals surface area contributed by atoms with Gasteiger partial charge in [-0.1, -0.05) is 48.6 Å². The van der Waals surface area contributed by atoms with Gasteiger partial charge in [0, 0.05) is 35.2 Å². The zero-order valence-electron chi connectivity index (χ0n) is 21.3. The molecule has 0 spiro atoms. The van der Waals surface area contributed by atoms with Gasteiger partial charge in [-0.15, -0.1) is 0 Å². The molecule has 2 aromatic carbocycles. The van der Waals surface area contributed by atoms with Gasteiger partial charge in [-0.05, 0) is 44.5 Å². The maximum Gasteiger partial charge on any atom is 0.490 e. The van der Waals surface area contributed by atoms with Gasteiger partial charge in [0.05, 0.1) is 12.1 Å². The molecule has 37 heavy (non-hydrogen) atoms. The van der Waals surface area contributed by atoms with Crippen molar-refractivity contribution in [2.45, 2.75) is 26.4 Å². The summed E-state index contributed by atoms with van der Waals surface area (Å²) in [4.78, 5) is 20.3. The van der Waals surface area contributed by atoms with Gasteiger partial charge in [-0.3, -0.25) is 10.3 Å². The van der Waals surface area contributed by atoms with E-state index < -0.39 is 18.8 Å². The van der Waals surface area contributed by atoms with E-state index >= 15 is 0 Å². The Labute approximate surface area is 216 Å². The summed E-state index contributed by atoms with van der Waals surface area (Å²) in [5, 5.41) is 22.8. The molecule has 4 aromatic rings. The van der Waals surface area contributed by atoms with Crippen molar-refractivity contribution < 1.29 is 24.3 Å². The van der Waals surface area contributed by atoms with Gasteiger partial charge >= 0.3 is 13.2 Å². The summed E-state index contributed by atoms with van der Waals surface area (Å²) < 4.78 is 10.1. The summed E-state index contributed by atoms with van der Waals surface area (Å²) in [6.07, 6.45) is 5.10. The number of hydrogen-bond acceptors (Lipinski definition) is 8. The lowest BCUT2D eigenvalue weighted by molar-refractivity contribution is 0.0636. The van der Waals surface area contributed by atoms with Crippen LogP contribution in [0.15, 0.2) is 66.9 Å². The Kier molecular flexibility index (Phi) is 9.18. The second-order valence-electron chi connectivity index (χ2n) is 9.12. The zero-order valence-corrected chi connectivity index (χ0v) is 21.3. The van der Waals surface area contributed by atoms with E-state index in [9.17, 15) is 4.79 Å². The predicted molar refractivity (Wildman–Crippen MR) is 148 cm³/mol. The number of rotatable bonds is 5. The minimum atomic E-state index is -1.64. The third-order valence-electron chi connectivity index (χ3n) is 5.03. The van der Waals surface area contributed by atoms with Crippen molar-refractivity contribution in [1.82, 2.24) is 9.97 Å². The van der Waals surface area contributed by atoms with E-state index in [1.54, 1.807) is 52.3 Å². The number of anilines is 2. The van der Waals surface area contributed by atoms with Crippen molar-refractivity contribution in [3.8, 4) is 0 Å². The molecule has 2 heterocycles. The molecule has 0 bridgehead atoms. The first-order valence-corrected chi connectivity index (χ1v) is 11.6. The molecule has 0 saturated heterocycles. The highest BCUT2D eigenvalue weighted by Gasteiger charge is 2.20. The van der Waals surface area contributed by atoms with Crippen molar-refractivity contribution in [3.05, 3.63) is 72.4 Å². The second-order valence-corrected chi connectivity index (χ2v) is 9.12. The van der Waals surface area contributed by atoms with Crippen LogP contribution in [0.25, 0.3) is 27.9 Å². The molecule has 9 nitrogen and oxygen atoms in total. The number of benzene rings is 2. The Morgan fingerprint density at radius 1 is 1.11 bits per heavy atom. The van der Waals surface area contributed by atoms with E-state index in [0.29, 0.717) is 18.1 Å². The fourth-order valence-corrected chi connectivity index (χ4v) is 3.49. The number of pyridine rings is 2. The number of nitrogens with one attached hydrogen (secondary N) is 1. The number of aromatic nitrogens is 2. The van der Waals surface area contributed by atoms with Crippen LogP contribution in [0.5, 0.6) is 0 Å². The summed E-state index contributed by atoms with van der Waals surface area (Å²) in [6, 6.07) is 16.4. The van der Waals surface area contributed by atoms with Crippen LogP contribution < -0.4 is 16.5 Å². The number of nitrogen functional groups attached to an aromatic ring is 1. The average Bonchev–Trinajstić information content (AvgIpc) is 2.84. The molecule has 0 saturated carbocycles. The smallest absolute Gasteiger partial charge is 0.444 e. The van der Waals surface area contributed by atoms with Crippen molar-refractivity contribution in [1.29, 1.82) is 0 Å². The Bertz CT molecular complexity index is 1400. The lowest BCUT2D eigenvalue weighted by atomic mass is 9.79. The number of para-hydroxylation sites is 2. The zero-order chi connectivity index (χ0) is 27.0. The lowest BCUT2D eigenvalue weighted by Crippen LogP contribution is -2.35. The Hall–Kier alpha value is -3.99. The van der Waals surface area contributed by atoms with Crippen LogP contribution in [0, 0.1) is 0 Å². The van der Waals surface area contributed by atoms with Crippen LogP contribution in [0.4, 0.5) is 16.3 Å². The van der Waals surface area contributed by atoms with Crippen molar-refractivity contribution in [3.63, 3.8) is 0 Å². The topological polar surface area (TPSA) is 140 Å². The number of carbonyl (C=O) groups is 1. The summed E-state index contributed by atoms with van der Waals surface area (Å²) in [5.74, 6) is 0.464. The van der Waals surface area contributed by atoms with Crippen LogP contribution >= 0.6 is 0 Å². The molecule has 0 aliphatic carbocycles. The SMILES string of the molecule is CC(C)(C)OC(=O)Nc1ccccc1B(O)O.COC/C=C/c1cnc2c(N)nc3ccccc3c2c1. The fourth-order valence-electron chi connectivity index (χ4n) is 3.49. The standard InChI is InChI=1S/C16H15N3O.C11H16BNO4/c1-20-8-4-5-11-9-13-12-6-2-3-7-14(12)19-16(17)15(13)18-10-11;1-11(2,3)17-10(14)13-9-7-5-4-6-8(9)12(15)16/h2-7,9-10H,8H2,1H3,(H2,17,19);4-7,15-16H,1-3H3,(H,13,14)/b5-4+;. The molecule has 1 amide bonds. The van der Waals surface area contributed by atoms with Crippen molar-refractivity contribution >= 4 is 58.1 Å². The Morgan fingerprint density at radius 3 is 2.51 bits per heavy atom. The van der Waals surface area contributed by atoms with E-state index in [0.717, 1.165) is 27.4 Å². The molecule has 2 aromatic heterocycles. The number of carbonyl (C=O) groups excluding carboxylic acids is 1. The first-order valence-electron chi connectivity index (χ1n) is 11.6. The molecular formula is C27H31BN4O5. The minimum Gasteiger partial charge on any atom is -0.444 e. The molecule has 0 unspecified atom stereocenters. The number of methoxy groups -OCH3 is 1. The molecule has 0 atom stereocenters. The van der Waals surface area contributed by atoms with Crippen molar-refractivity contribution in [2.24, 2.45) is 0 Å². The fraction of sp³-hybridized carbons (Fsp3) is 0.222. The van der Waals surface area contributed by atoms with Crippen LogP contribution in [-0.2, 0) is 9.47 Å². The van der Waals surface area contributed by atoms with Gasteiger partial charge < -0.3 is 25.3 Å². The van der Waals surface area contributed by atoms with E-state index in [-0.39, 0.29) is 5.46 Å². The van der Waals surface area contributed by atoms with E-state index in [1.165, 1.54) is 6.07 Å². The number of amides is 1. The predicted octanol–water partition coefficient (Wildman–Crippen LogP) is 3.74. The number of nitrogens with two attached hydrogens (primary N) is 1. The van der Waals surface area contributed by atoms with Crippen molar-refractivity contribution in [2.75, 3.05) is 24.8 Å². The first-order chi connectivity index (χ1) is 17.6. The minimum absolute atomic E-state index is 0.221. The third-order valence-corrected chi connectivity index (χ3v) is 5.03. The number of hydrogen-bond donors (Lipinski definition) is 4. The first kappa shape index (κ1) is 27.6. The third kappa shape index (κ3) is 7.75. The number of nitrogens with zero attached hydrogens (tertiary/aromatic N) is 2. The molecule has 0 fully saturated rings. The summed E-state index contributed by atoms with van der Waals surface area (Å²) in [7, 11) is 0.0317. The normalized spacial score (nSPS) is 11.3. The van der Waals surface area contributed by atoms with Crippen LogP contribution in [0.2, 0.25) is 0 Å². The number of fused-ring (bicyclic) bond motifs is 3. The molecular weight excluding hydrogens is 471 g/mol. The molecule has 0 radical (unpaired) electrons. The molecule has 4 rings (SSSR count).